The van der Waals surface area contributed by atoms with Crippen LogP contribution in [0.25, 0.3) is 11.3 Å². The third-order valence-electron chi connectivity index (χ3n) is 7.17. The number of amides is 1. The summed E-state index contributed by atoms with van der Waals surface area (Å²) in [6.45, 7) is 4.49. The number of carbonyl (C=O) groups excluding carboxylic acids is 1. The molecule has 0 bridgehead atoms. The van der Waals surface area contributed by atoms with Crippen molar-refractivity contribution in [2.45, 2.75) is 70.6 Å². The van der Waals surface area contributed by atoms with E-state index in [9.17, 15) is 9.18 Å². The number of rotatable bonds is 4. The van der Waals surface area contributed by atoms with Crippen LogP contribution in [0.5, 0.6) is 0 Å². The molecule has 5 rings (SSSR count). The van der Waals surface area contributed by atoms with Gasteiger partial charge in [0.2, 0.25) is 5.82 Å². The van der Waals surface area contributed by atoms with Gasteiger partial charge in [0.15, 0.2) is 0 Å². The topological polar surface area (TPSA) is 68.8 Å². The van der Waals surface area contributed by atoms with E-state index in [0.29, 0.717) is 36.7 Å². The first kappa shape index (κ1) is 23.0. The van der Waals surface area contributed by atoms with E-state index in [1.165, 1.54) is 0 Å². The van der Waals surface area contributed by atoms with Crippen molar-refractivity contribution in [3.05, 3.63) is 52.2 Å². The molecule has 3 atom stereocenters. The van der Waals surface area contributed by atoms with E-state index in [4.69, 9.17) is 16.7 Å². The van der Waals surface area contributed by atoms with Crippen molar-refractivity contribution in [3.8, 4) is 11.3 Å². The highest BCUT2D eigenvalue weighted by Crippen LogP contribution is 2.37. The number of hydrogen-bond donors (Lipinski definition) is 0. The summed E-state index contributed by atoms with van der Waals surface area (Å²) >= 11 is 6.23. The Morgan fingerprint density at radius 3 is 2.76 bits per heavy atom. The first-order valence-electron chi connectivity index (χ1n) is 12.1. The molecular weight excluding hydrogens is 455 g/mol. The number of alkyl halides is 1. The maximum absolute atomic E-state index is 14.6. The lowest BCUT2D eigenvalue weighted by Gasteiger charge is -2.32. The van der Waals surface area contributed by atoms with E-state index in [1.807, 2.05) is 49.8 Å². The molecule has 0 saturated heterocycles. The highest BCUT2D eigenvalue weighted by atomic mass is 35.5. The summed E-state index contributed by atoms with van der Waals surface area (Å²) in [5, 5.41) is 9.98. The molecule has 2 aliphatic rings. The molecule has 0 spiro atoms. The van der Waals surface area contributed by atoms with Gasteiger partial charge in [-0.25, -0.2) is 14.1 Å². The van der Waals surface area contributed by atoms with E-state index >= 15 is 0 Å². The molecule has 2 aromatic heterocycles. The van der Waals surface area contributed by atoms with Crippen LogP contribution in [0.3, 0.4) is 0 Å². The van der Waals surface area contributed by atoms with Crippen molar-refractivity contribution in [2.75, 3.05) is 6.54 Å². The number of aryl methyl sites for hydroxylation is 2. The van der Waals surface area contributed by atoms with Crippen molar-refractivity contribution >= 4 is 17.5 Å². The summed E-state index contributed by atoms with van der Waals surface area (Å²) in [4.78, 5) is 19.8. The quantitative estimate of drug-likeness (QED) is 0.516. The maximum atomic E-state index is 14.6. The lowest BCUT2D eigenvalue weighted by molar-refractivity contribution is 0.0658. The lowest BCUT2D eigenvalue weighted by atomic mass is 9.94. The smallest absolute Gasteiger partial charge is 0.294 e. The minimum Gasteiger partial charge on any atom is -0.327 e. The number of benzene rings is 1. The average Bonchev–Trinajstić information content (AvgIpc) is 3.40. The van der Waals surface area contributed by atoms with Crippen molar-refractivity contribution in [1.29, 1.82) is 0 Å². The van der Waals surface area contributed by atoms with Gasteiger partial charge < -0.3 is 4.90 Å². The summed E-state index contributed by atoms with van der Waals surface area (Å²) in [6, 6.07) is 7.19. The Bertz CT molecular complexity index is 1220. The Morgan fingerprint density at radius 2 is 2.03 bits per heavy atom. The van der Waals surface area contributed by atoms with Crippen molar-refractivity contribution in [1.82, 2.24) is 29.4 Å². The van der Waals surface area contributed by atoms with Gasteiger partial charge in [-0.1, -0.05) is 43.5 Å². The van der Waals surface area contributed by atoms with Crippen LogP contribution in [0.4, 0.5) is 4.39 Å². The minimum atomic E-state index is -0.946. The molecule has 1 saturated carbocycles. The zero-order valence-corrected chi connectivity index (χ0v) is 20.6. The number of fused-ring (bicyclic) bond motifs is 1. The number of halogens is 2. The van der Waals surface area contributed by atoms with Gasteiger partial charge in [0.1, 0.15) is 12.0 Å². The molecule has 1 amide bonds. The highest BCUT2D eigenvalue weighted by molar-refractivity contribution is 6.30. The molecule has 1 aromatic carbocycles. The number of hydrogen-bond acceptors (Lipinski definition) is 4. The molecule has 1 aliphatic carbocycles. The lowest BCUT2D eigenvalue weighted by Crippen LogP contribution is -2.39. The van der Waals surface area contributed by atoms with E-state index in [1.54, 1.807) is 9.58 Å². The second-order valence-corrected chi connectivity index (χ2v) is 9.72. The fraction of sp³-hybridized carbons (Fsp3) is 0.520. The van der Waals surface area contributed by atoms with Crippen LogP contribution in [0.2, 0.25) is 5.02 Å². The number of aromatic nitrogens is 5. The van der Waals surface area contributed by atoms with Gasteiger partial charge in [-0.3, -0.25) is 9.48 Å². The molecule has 180 valence electrons. The maximum Gasteiger partial charge on any atom is 0.294 e. The standard InChI is InChI=1S/C25H30ClFN6O/c1-4-21-28-24(30-33(21)20-11-6-5-10-19(20)27)25(34)32-13-12-18-22(15(32)2)29-31(3)23(18)16-8-7-9-17(26)14-16/h7-9,14-15,19-20H,4-6,10-13H2,1-3H3/t15-,19?,20?/m0/s1. The summed E-state index contributed by atoms with van der Waals surface area (Å²) in [6.07, 6.45) is 3.47. The predicted molar refractivity (Wildman–Crippen MR) is 129 cm³/mol. The van der Waals surface area contributed by atoms with Crippen LogP contribution in [-0.4, -0.2) is 48.1 Å². The molecule has 7 nitrogen and oxygen atoms in total. The van der Waals surface area contributed by atoms with Crippen LogP contribution < -0.4 is 0 Å². The zero-order chi connectivity index (χ0) is 24.0. The van der Waals surface area contributed by atoms with Gasteiger partial charge in [0, 0.05) is 36.2 Å². The van der Waals surface area contributed by atoms with Crippen LogP contribution in [0, 0.1) is 0 Å². The fourth-order valence-electron chi connectivity index (χ4n) is 5.44. The van der Waals surface area contributed by atoms with E-state index in [0.717, 1.165) is 41.8 Å². The Hall–Kier alpha value is -2.74. The third-order valence-corrected chi connectivity index (χ3v) is 7.41. The van der Waals surface area contributed by atoms with Gasteiger partial charge in [0.05, 0.1) is 23.5 Å². The molecule has 34 heavy (non-hydrogen) atoms. The first-order valence-corrected chi connectivity index (χ1v) is 12.5. The Labute approximate surface area is 203 Å². The summed E-state index contributed by atoms with van der Waals surface area (Å²) in [5.41, 5.74) is 4.05. The molecule has 3 heterocycles. The normalized spacial score (nSPS) is 22.6. The molecule has 0 radical (unpaired) electrons. The molecule has 0 N–H and O–H groups in total. The Balaban J connectivity index is 1.44. The SMILES string of the molecule is CCc1nc(C(=O)N2CCc3c(nn(C)c3-c3cccc(Cl)c3)[C@@H]2C)nn1C1CCCCC1F. The third kappa shape index (κ3) is 3.91. The van der Waals surface area contributed by atoms with Crippen LogP contribution in [-0.2, 0) is 19.9 Å². The van der Waals surface area contributed by atoms with Crippen molar-refractivity contribution in [2.24, 2.45) is 7.05 Å². The van der Waals surface area contributed by atoms with Crippen LogP contribution >= 0.6 is 11.6 Å². The Morgan fingerprint density at radius 1 is 1.24 bits per heavy atom. The molecule has 3 aromatic rings. The Kier molecular flexibility index (Phi) is 6.18. The van der Waals surface area contributed by atoms with Crippen molar-refractivity contribution < 1.29 is 9.18 Å². The van der Waals surface area contributed by atoms with E-state index in [2.05, 4.69) is 10.1 Å². The average molecular weight is 485 g/mol. The fourth-order valence-corrected chi connectivity index (χ4v) is 5.63. The van der Waals surface area contributed by atoms with E-state index < -0.39 is 6.17 Å². The summed E-state index contributed by atoms with van der Waals surface area (Å²) < 4.78 is 18.2. The molecule has 1 fully saturated rings. The van der Waals surface area contributed by atoms with Crippen molar-refractivity contribution in [3.63, 3.8) is 0 Å². The molecular formula is C25H30ClFN6O. The summed E-state index contributed by atoms with van der Waals surface area (Å²) in [5.74, 6) is 0.591. The number of nitrogens with zero attached hydrogens (tertiary/aromatic N) is 6. The second kappa shape index (κ2) is 9.13. The van der Waals surface area contributed by atoms with E-state index in [-0.39, 0.29) is 23.8 Å². The van der Waals surface area contributed by atoms with Crippen LogP contribution in [0.15, 0.2) is 24.3 Å². The first-order chi connectivity index (χ1) is 16.4. The number of carbonyl (C=O) groups is 1. The minimum absolute atomic E-state index is 0.149. The van der Waals surface area contributed by atoms with Gasteiger partial charge >= 0.3 is 0 Å². The van der Waals surface area contributed by atoms with Crippen LogP contribution in [0.1, 0.15) is 79.3 Å². The van der Waals surface area contributed by atoms with Gasteiger partial charge in [-0.2, -0.15) is 5.10 Å². The highest BCUT2D eigenvalue weighted by Gasteiger charge is 2.36. The second-order valence-electron chi connectivity index (χ2n) is 9.29. The largest absolute Gasteiger partial charge is 0.327 e. The molecule has 1 aliphatic heterocycles. The van der Waals surface area contributed by atoms with Gasteiger partial charge in [-0.15, -0.1) is 5.10 Å². The predicted octanol–water partition coefficient (Wildman–Crippen LogP) is 5.11. The summed E-state index contributed by atoms with van der Waals surface area (Å²) in [7, 11) is 1.92. The molecule has 9 heteroatoms. The van der Waals surface area contributed by atoms with Gasteiger partial charge in [0.25, 0.3) is 5.91 Å². The zero-order valence-electron chi connectivity index (χ0n) is 19.8. The monoisotopic (exact) mass is 484 g/mol. The molecule has 2 unspecified atom stereocenters. The van der Waals surface area contributed by atoms with Gasteiger partial charge in [-0.05, 0) is 38.3 Å².